The monoisotopic (exact) mass is 399 g/mol. The average Bonchev–Trinajstić information content (AvgIpc) is 2.72. The van der Waals surface area contributed by atoms with Crippen LogP contribution in [0.3, 0.4) is 0 Å². The zero-order chi connectivity index (χ0) is 20.9. The van der Waals surface area contributed by atoms with Crippen molar-refractivity contribution in [2.45, 2.75) is 12.7 Å². The molecule has 1 heterocycles. The van der Waals surface area contributed by atoms with E-state index in [1.165, 1.54) is 30.5 Å². The SMILES string of the molecule is O=C(NCc1cccc(C(F)(F)F)c1)c1ccnc(NC(=O)c2ccccc2)c1. The van der Waals surface area contributed by atoms with Gasteiger partial charge in [-0.25, -0.2) is 4.98 Å². The van der Waals surface area contributed by atoms with E-state index in [2.05, 4.69) is 15.6 Å². The summed E-state index contributed by atoms with van der Waals surface area (Å²) in [4.78, 5) is 28.5. The minimum atomic E-state index is -4.45. The molecule has 0 aliphatic rings. The van der Waals surface area contributed by atoms with E-state index >= 15 is 0 Å². The van der Waals surface area contributed by atoms with Gasteiger partial charge in [0.1, 0.15) is 5.82 Å². The number of nitrogens with zero attached hydrogens (tertiary/aromatic N) is 1. The molecule has 0 spiro atoms. The summed E-state index contributed by atoms with van der Waals surface area (Å²) in [5, 5.41) is 5.16. The van der Waals surface area contributed by atoms with Crippen molar-refractivity contribution >= 4 is 17.6 Å². The lowest BCUT2D eigenvalue weighted by molar-refractivity contribution is -0.137. The van der Waals surface area contributed by atoms with Gasteiger partial charge in [-0.15, -0.1) is 0 Å². The Morgan fingerprint density at radius 3 is 2.34 bits per heavy atom. The van der Waals surface area contributed by atoms with Crippen molar-refractivity contribution in [2.75, 3.05) is 5.32 Å². The van der Waals surface area contributed by atoms with Gasteiger partial charge in [0.25, 0.3) is 11.8 Å². The molecule has 29 heavy (non-hydrogen) atoms. The number of amides is 2. The molecular formula is C21H16F3N3O2. The van der Waals surface area contributed by atoms with E-state index in [1.807, 2.05) is 0 Å². The molecule has 5 nitrogen and oxygen atoms in total. The highest BCUT2D eigenvalue weighted by Gasteiger charge is 2.30. The maximum Gasteiger partial charge on any atom is 0.416 e. The van der Waals surface area contributed by atoms with E-state index in [1.54, 1.807) is 30.3 Å². The predicted octanol–water partition coefficient (Wildman–Crippen LogP) is 4.28. The van der Waals surface area contributed by atoms with Gasteiger partial charge in [0.2, 0.25) is 0 Å². The van der Waals surface area contributed by atoms with Gasteiger partial charge in [-0.2, -0.15) is 13.2 Å². The summed E-state index contributed by atoms with van der Waals surface area (Å²) >= 11 is 0. The molecule has 0 fully saturated rings. The number of carbonyl (C=O) groups excluding carboxylic acids is 2. The van der Waals surface area contributed by atoms with E-state index in [0.29, 0.717) is 11.1 Å². The highest BCUT2D eigenvalue weighted by Crippen LogP contribution is 2.29. The summed E-state index contributed by atoms with van der Waals surface area (Å²) in [6, 6.07) is 16.1. The predicted molar refractivity (Wildman–Crippen MR) is 101 cm³/mol. The Morgan fingerprint density at radius 2 is 1.62 bits per heavy atom. The minimum absolute atomic E-state index is 0.0726. The fraction of sp³-hybridized carbons (Fsp3) is 0.0952. The quantitative estimate of drug-likeness (QED) is 0.673. The van der Waals surface area contributed by atoms with E-state index < -0.39 is 17.6 Å². The summed E-state index contributed by atoms with van der Waals surface area (Å²) < 4.78 is 38.3. The maximum absolute atomic E-state index is 12.8. The maximum atomic E-state index is 12.8. The van der Waals surface area contributed by atoms with Crippen LogP contribution in [0.5, 0.6) is 0 Å². The van der Waals surface area contributed by atoms with E-state index in [-0.39, 0.29) is 23.8 Å². The van der Waals surface area contributed by atoms with E-state index in [0.717, 1.165) is 12.1 Å². The lowest BCUT2D eigenvalue weighted by atomic mass is 10.1. The second-order valence-electron chi connectivity index (χ2n) is 6.13. The van der Waals surface area contributed by atoms with Crippen LogP contribution in [0.15, 0.2) is 72.9 Å². The molecule has 3 aromatic rings. The normalized spacial score (nSPS) is 11.0. The molecule has 1 aromatic heterocycles. The van der Waals surface area contributed by atoms with Crippen LogP contribution in [0.4, 0.5) is 19.0 Å². The molecule has 0 unspecified atom stereocenters. The molecule has 2 amide bonds. The van der Waals surface area contributed by atoms with Gasteiger partial charge < -0.3 is 10.6 Å². The number of hydrogen-bond donors (Lipinski definition) is 2. The van der Waals surface area contributed by atoms with Crippen LogP contribution in [-0.2, 0) is 12.7 Å². The van der Waals surface area contributed by atoms with Crippen molar-refractivity contribution in [3.63, 3.8) is 0 Å². The molecule has 148 valence electrons. The largest absolute Gasteiger partial charge is 0.416 e. The molecule has 3 rings (SSSR count). The van der Waals surface area contributed by atoms with Gasteiger partial charge in [0.05, 0.1) is 5.56 Å². The first-order chi connectivity index (χ1) is 13.8. The number of alkyl halides is 3. The van der Waals surface area contributed by atoms with Crippen LogP contribution < -0.4 is 10.6 Å². The minimum Gasteiger partial charge on any atom is -0.348 e. The van der Waals surface area contributed by atoms with Gasteiger partial charge in [-0.1, -0.05) is 30.3 Å². The molecule has 0 atom stereocenters. The van der Waals surface area contributed by atoms with Crippen molar-refractivity contribution in [1.29, 1.82) is 0 Å². The summed E-state index contributed by atoms with van der Waals surface area (Å²) in [5.41, 5.74) is 0.197. The van der Waals surface area contributed by atoms with Crippen LogP contribution in [0.1, 0.15) is 31.8 Å². The van der Waals surface area contributed by atoms with Crippen LogP contribution in [0.2, 0.25) is 0 Å². The summed E-state index contributed by atoms with van der Waals surface area (Å²) in [7, 11) is 0. The van der Waals surface area contributed by atoms with Crippen molar-refractivity contribution in [3.05, 3.63) is 95.2 Å². The highest BCUT2D eigenvalue weighted by atomic mass is 19.4. The smallest absolute Gasteiger partial charge is 0.348 e. The first-order valence-corrected chi connectivity index (χ1v) is 8.60. The number of aromatic nitrogens is 1. The number of pyridine rings is 1. The molecule has 0 aliphatic carbocycles. The molecule has 2 N–H and O–H groups in total. The lowest BCUT2D eigenvalue weighted by Crippen LogP contribution is -2.23. The van der Waals surface area contributed by atoms with Crippen molar-refractivity contribution in [2.24, 2.45) is 0 Å². The molecule has 0 aliphatic heterocycles. The summed E-state index contributed by atoms with van der Waals surface area (Å²) in [5.74, 6) is -0.690. The Kier molecular flexibility index (Phi) is 5.92. The van der Waals surface area contributed by atoms with Gasteiger partial charge in [0, 0.05) is 23.9 Å². The Labute approximate surface area is 164 Å². The molecule has 8 heteroatoms. The van der Waals surface area contributed by atoms with Gasteiger partial charge in [0.15, 0.2) is 0 Å². The third kappa shape index (κ3) is 5.41. The molecule has 0 saturated heterocycles. The average molecular weight is 399 g/mol. The molecule has 0 bridgehead atoms. The fourth-order valence-electron chi connectivity index (χ4n) is 2.56. The lowest BCUT2D eigenvalue weighted by Gasteiger charge is -2.10. The first-order valence-electron chi connectivity index (χ1n) is 8.60. The summed E-state index contributed by atoms with van der Waals surface area (Å²) in [6.07, 6.45) is -3.09. The topological polar surface area (TPSA) is 71.1 Å². The van der Waals surface area contributed by atoms with E-state index in [4.69, 9.17) is 0 Å². The number of anilines is 1. The second-order valence-corrected chi connectivity index (χ2v) is 6.13. The fourth-order valence-corrected chi connectivity index (χ4v) is 2.56. The number of rotatable bonds is 5. The van der Waals surface area contributed by atoms with Gasteiger partial charge >= 0.3 is 6.18 Å². The van der Waals surface area contributed by atoms with Crippen molar-refractivity contribution < 1.29 is 22.8 Å². The Bertz CT molecular complexity index is 1020. The molecule has 0 saturated carbocycles. The summed E-state index contributed by atoms with van der Waals surface area (Å²) in [6.45, 7) is -0.0726. The standard InChI is InChI=1S/C21H16F3N3O2/c22-21(23,24)17-8-4-5-14(11-17)13-26-19(28)16-9-10-25-18(12-16)27-20(29)15-6-2-1-3-7-15/h1-12H,13H2,(H,26,28)(H,25,27,29). The zero-order valence-electron chi connectivity index (χ0n) is 15.0. The zero-order valence-corrected chi connectivity index (χ0v) is 15.0. The number of carbonyl (C=O) groups is 2. The number of nitrogens with one attached hydrogen (secondary N) is 2. The Hall–Kier alpha value is -3.68. The molecular weight excluding hydrogens is 383 g/mol. The Balaban J connectivity index is 1.65. The Morgan fingerprint density at radius 1 is 0.862 bits per heavy atom. The number of halogens is 3. The number of benzene rings is 2. The van der Waals surface area contributed by atoms with Crippen LogP contribution in [0, 0.1) is 0 Å². The van der Waals surface area contributed by atoms with Crippen LogP contribution in [-0.4, -0.2) is 16.8 Å². The van der Waals surface area contributed by atoms with Crippen molar-refractivity contribution in [3.8, 4) is 0 Å². The second kappa shape index (κ2) is 8.55. The first kappa shape index (κ1) is 20.1. The number of hydrogen-bond acceptors (Lipinski definition) is 3. The van der Waals surface area contributed by atoms with Gasteiger partial charge in [-0.05, 0) is 42.0 Å². The third-order valence-electron chi connectivity index (χ3n) is 4.01. The van der Waals surface area contributed by atoms with Crippen LogP contribution >= 0.6 is 0 Å². The van der Waals surface area contributed by atoms with Crippen molar-refractivity contribution in [1.82, 2.24) is 10.3 Å². The molecule has 2 aromatic carbocycles. The molecule has 0 radical (unpaired) electrons. The van der Waals surface area contributed by atoms with E-state index in [9.17, 15) is 22.8 Å². The third-order valence-corrected chi connectivity index (χ3v) is 4.01. The van der Waals surface area contributed by atoms with Gasteiger partial charge in [-0.3, -0.25) is 9.59 Å². The van der Waals surface area contributed by atoms with Crippen LogP contribution in [0.25, 0.3) is 0 Å². The highest BCUT2D eigenvalue weighted by molar-refractivity contribution is 6.04.